The molecule has 0 amide bonds. The molecule has 0 saturated heterocycles. The molecule has 114 valence electrons. The summed E-state index contributed by atoms with van der Waals surface area (Å²) >= 11 is 1.70. The molecular weight excluding hydrogens is 310 g/mol. The van der Waals surface area contributed by atoms with Crippen LogP contribution in [-0.2, 0) is 22.5 Å². The molecule has 0 atom stereocenters. The maximum atomic E-state index is 11.0. The first-order valence-electron chi connectivity index (χ1n) is 6.17. The number of hydrogen-bond acceptors (Lipinski definition) is 5. The molecule has 0 saturated carbocycles. The van der Waals surface area contributed by atoms with Crippen molar-refractivity contribution in [3.8, 4) is 0 Å². The van der Waals surface area contributed by atoms with E-state index in [2.05, 4.69) is 10.0 Å². The summed E-state index contributed by atoms with van der Waals surface area (Å²) in [6, 6.07) is 10.7. The van der Waals surface area contributed by atoms with Crippen molar-refractivity contribution in [2.45, 2.75) is 12.3 Å². The minimum absolute atomic E-state index is 0.407. The summed E-state index contributed by atoms with van der Waals surface area (Å²) in [6.45, 7) is 0.521. The highest BCUT2D eigenvalue weighted by Crippen LogP contribution is 2.18. The van der Waals surface area contributed by atoms with Gasteiger partial charge in [0.15, 0.2) is 0 Å². The molecule has 2 aromatic rings. The van der Waals surface area contributed by atoms with Crippen molar-refractivity contribution in [3.05, 3.63) is 47.9 Å². The van der Waals surface area contributed by atoms with E-state index in [1.165, 1.54) is 0 Å². The average Bonchev–Trinajstić information content (AvgIpc) is 2.83. The van der Waals surface area contributed by atoms with E-state index in [0.29, 0.717) is 12.2 Å². The van der Waals surface area contributed by atoms with Crippen LogP contribution in [-0.4, -0.2) is 14.7 Å². The summed E-state index contributed by atoms with van der Waals surface area (Å²) in [5.41, 5.74) is 1.18. The molecule has 6 nitrogen and oxygen atoms in total. The van der Waals surface area contributed by atoms with E-state index in [-0.39, 0.29) is 0 Å². The van der Waals surface area contributed by atoms with Crippen LogP contribution in [0.5, 0.6) is 0 Å². The Morgan fingerprint density at radius 3 is 2.62 bits per heavy atom. The molecule has 8 heteroatoms. The van der Waals surface area contributed by atoms with Gasteiger partial charge in [0.05, 0.1) is 18.0 Å². The second-order valence-electron chi connectivity index (χ2n) is 4.38. The zero-order valence-corrected chi connectivity index (χ0v) is 13.1. The minimum Gasteiger partial charge on any atom is -0.463 e. The lowest BCUT2D eigenvalue weighted by Gasteiger charge is -2.08. The van der Waals surface area contributed by atoms with Gasteiger partial charge in [0.1, 0.15) is 11.5 Å². The number of nitrogens with two attached hydrogens (primary N) is 1. The molecule has 0 unspecified atom stereocenters. The summed E-state index contributed by atoms with van der Waals surface area (Å²) in [6.07, 6.45) is 2.02. The summed E-state index contributed by atoms with van der Waals surface area (Å²) in [7, 11) is -3.76. The van der Waals surface area contributed by atoms with Crippen molar-refractivity contribution < 1.29 is 12.8 Å². The largest absolute Gasteiger partial charge is 0.463 e. The normalized spacial score (nSPS) is 11.3. The van der Waals surface area contributed by atoms with Crippen LogP contribution >= 0.6 is 11.8 Å². The van der Waals surface area contributed by atoms with E-state index in [4.69, 9.17) is 9.56 Å². The van der Waals surface area contributed by atoms with Crippen molar-refractivity contribution in [1.29, 1.82) is 0 Å². The van der Waals surface area contributed by atoms with Gasteiger partial charge in [-0.2, -0.15) is 20.2 Å². The van der Waals surface area contributed by atoms with Crippen LogP contribution in [0.1, 0.15) is 11.5 Å². The number of benzene rings is 1. The maximum Gasteiger partial charge on any atom is 0.296 e. The monoisotopic (exact) mass is 327 g/mol. The van der Waals surface area contributed by atoms with Gasteiger partial charge in [-0.05, 0) is 36.6 Å². The van der Waals surface area contributed by atoms with E-state index in [9.17, 15) is 8.42 Å². The maximum absolute atomic E-state index is 11.0. The predicted octanol–water partition coefficient (Wildman–Crippen LogP) is 2.37. The highest BCUT2D eigenvalue weighted by atomic mass is 32.2. The Balaban J connectivity index is 1.97. The van der Waals surface area contributed by atoms with Crippen LogP contribution in [0.3, 0.4) is 0 Å². The molecule has 1 heterocycles. The molecule has 0 spiro atoms. The topological polar surface area (TPSA) is 97.4 Å². The zero-order chi connectivity index (χ0) is 15.3. The number of rotatable bonds is 7. The summed E-state index contributed by atoms with van der Waals surface area (Å²) in [5, 5.41) is 8.10. The van der Waals surface area contributed by atoms with Crippen molar-refractivity contribution in [2.24, 2.45) is 5.14 Å². The quantitative estimate of drug-likeness (QED) is 0.725. The van der Waals surface area contributed by atoms with E-state index in [1.54, 1.807) is 30.0 Å². The average molecular weight is 327 g/mol. The Bertz CT molecular complexity index is 698. The number of thioether (sulfide) groups is 1. The molecule has 1 aromatic carbocycles. The fraction of sp³-hybridized carbons (Fsp3) is 0.231. The Labute approximate surface area is 128 Å². The van der Waals surface area contributed by atoms with Gasteiger partial charge in [0.2, 0.25) is 0 Å². The smallest absolute Gasteiger partial charge is 0.296 e. The standard InChI is InChI=1S/C13H17N3O3S2/c1-20-9-13-6-5-12(19-13)8-15-10-3-2-4-11(7-10)16-21(14,17)18/h2-7,15-16H,8-9H2,1H3,(H2,14,17,18). The molecule has 0 fully saturated rings. The van der Waals surface area contributed by atoms with Gasteiger partial charge >= 0.3 is 0 Å². The van der Waals surface area contributed by atoms with Gasteiger partial charge in [0, 0.05) is 5.69 Å². The van der Waals surface area contributed by atoms with E-state index >= 15 is 0 Å². The molecule has 0 aliphatic heterocycles. The number of nitrogens with one attached hydrogen (secondary N) is 2. The van der Waals surface area contributed by atoms with Crippen LogP contribution in [0.2, 0.25) is 0 Å². The fourth-order valence-electron chi connectivity index (χ4n) is 1.78. The molecule has 0 aliphatic carbocycles. The van der Waals surface area contributed by atoms with E-state index in [0.717, 1.165) is 23.0 Å². The predicted molar refractivity (Wildman–Crippen MR) is 86.4 cm³/mol. The first kappa shape index (κ1) is 15.7. The second-order valence-corrected chi connectivity index (χ2v) is 6.54. The van der Waals surface area contributed by atoms with Crippen molar-refractivity contribution in [1.82, 2.24) is 0 Å². The van der Waals surface area contributed by atoms with Crippen LogP contribution in [0.15, 0.2) is 40.8 Å². The van der Waals surface area contributed by atoms with Crippen molar-refractivity contribution in [3.63, 3.8) is 0 Å². The highest BCUT2D eigenvalue weighted by molar-refractivity contribution is 7.97. The first-order chi connectivity index (χ1) is 9.96. The van der Waals surface area contributed by atoms with Gasteiger partial charge in [-0.25, -0.2) is 5.14 Å². The third-order valence-corrected chi connectivity index (χ3v) is 3.69. The molecule has 0 bridgehead atoms. The third-order valence-electron chi connectivity index (χ3n) is 2.59. The lowest BCUT2D eigenvalue weighted by molar-refractivity contribution is 0.487. The van der Waals surface area contributed by atoms with Gasteiger partial charge < -0.3 is 9.73 Å². The molecule has 0 aliphatic rings. The minimum atomic E-state index is -3.76. The van der Waals surface area contributed by atoms with Gasteiger partial charge in [-0.1, -0.05) is 6.07 Å². The fourth-order valence-corrected chi connectivity index (χ4v) is 2.68. The van der Waals surface area contributed by atoms with Crippen LogP contribution in [0.4, 0.5) is 11.4 Å². The third kappa shape index (κ3) is 5.33. The number of anilines is 2. The van der Waals surface area contributed by atoms with Crippen molar-refractivity contribution >= 4 is 33.3 Å². The second kappa shape index (κ2) is 6.88. The molecule has 21 heavy (non-hydrogen) atoms. The first-order valence-corrected chi connectivity index (χ1v) is 9.11. The molecule has 1 aromatic heterocycles. The van der Waals surface area contributed by atoms with E-state index in [1.807, 2.05) is 24.5 Å². The highest BCUT2D eigenvalue weighted by Gasteiger charge is 2.04. The number of furan rings is 1. The Kier molecular flexibility index (Phi) is 5.16. The lowest BCUT2D eigenvalue weighted by Crippen LogP contribution is -2.21. The Hall–Kier alpha value is -1.64. The van der Waals surface area contributed by atoms with Crippen LogP contribution in [0, 0.1) is 0 Å². The number of hydrogen-bond donors (Lipinski definition) is 3. The Morgan fingerprint density at radius 2 is 1.90 bits per heavy atom. The summed E-state index contributed by atoms with van der Waals surface area (Å²) in [5.74, 6) is 2.60. The zero-order valence-electron chi connectivity index (χ0n) is 11.5. The van der Waals surface area contributed by atoms with Crippen LogP contribution in [0.25, 0.3) is 0 Å². The Morgan fingerprint density at radius 1 is 1.19 bits per heavy atom. The van der Waals surface area contributed by atoms with Gasteiger partial charge in [0.25, 0.3) is 10.2 Å². The molecule has 4 N–H and O–H groups in total. The van der Waals surface area contributed by atoms with Crippen LogP contribution < -0.4 is 15.2 Å². The molecule has 0 radical (unpaired) electrons. The van der Waals surface area contributed by atoms with E-state index < -0.39 is 10.2 Å². The molecular formula is C13H17N3O3S2. The van der Waals surface area contributed by atoms with Gasteiger partial charge in [-0.15, -0.1) is 0 Å². The van der Waals surface area contributed by atoms with Crippen molar-refractivity contribution in [2.75, 3.05) is 16.3 Å². The summed E-state index contributed by atoms with van der Waals surface area (Å²) in [4.78, 5) is 0. The SMILES string of the molecule is CSCc1ccc(CNc2cccc(NS(N)(=O)=O)c2)o1. The lowest BCUT2D eigenvalue weighted by atomic mass is 10.3. The summed E-state index contributed by atoms with van der Waals surface area (Å²) < 4.78 is 29.8. The molecule has 2 rings (SSSR count). The van der Waals surface area contributed by atoms with Gasteiger partial charge in [-0.3, -0.25) is 4.72 Å².